The van der Waals surface area contributed by atoms with E-state index in [1.807, 2.05) is 42.5 Å². The van der Waals surface area contributed by atoms with Crippen LogP contribution >= 0.6 is 0 Å². The number of amides is 1. The fourth-order valence-corrected chi connectivity index (χ4v) is 4.24. The van der Waals surface area contributed by atoms with Gasteiger partial charge in [-0.15, -0.1) is 0 Å². The van der Waals surface area contributed by atoms with Gasteiger partial charge >= 0.3 is 0 Å². The van der Waals surface area contributed by atoms with Crippen molar-refractivity contribution in [2.45, 2.75) is 19.5 Å². The molecule has 1 atom stereocenters. The monoisotopic (exact) mass is 412 g/mol. The van der Waals surface area contributed by atoms with Crippen molar-refractivity contribution in [3.8, 4) is 6.07 Å². The lowest BCUT2D eigenvalue weighted by Crippen LogP contribution is -2.49. The molecule has 1 aliphatic rings. The van der Waals surface area contributed by atoms with Crippen LogP contribution in [0.1, 0.15) is 29.7 Å². The lowest BCUT2D eigenvalue weighted by atomic mass is 10.00. The fraction of sp³-hybridized carbons (Fsp3) is 0.308. The zero-order valence-electron chi connectivity index (χ0n) is 17.9. The van der Waals surface area contributed by atoms with Crippen molar-refractivity contribution < 1.29 is 4.79 Å². The second-order valence-electron chi connectivity index (χ2n) is 8.22. The zero-order chi connectivity index (χ0) is 21.6. The Bertz CT molecular complexity index is 1070. The number of benzene rings is 3. The summed E-state index contributed by atoms with van der Waals surface area (Å²) in [5.74, 6) is 0.0703. The van der Waals surface area contributed by atoms with E-state index in [9.17, 15) is 4.79 Å². The Kier molecular flexibility index (Phi) is 6.61. The summed E-state index contributed by atoms with van der Waals surface area (Å²) in [6.07, 6.45) is 0. The average molecular weight is 413 g/mol. The minimum absolute atomic E-state index is 0.0312. The summed E-state index contributed by atoms with van der Waals surface area (Å²) < 4.78 is 0. The van der Waals surface area contributed by atoms with Crippen molar-refractivity contribution in [3.63, 3.8) is 0 Å². The van der Waals surface area contributed by atoms with Crippen LogP contribution in [0.4, 0.5) is 0 Å². The van der Waals surface area contributed by atoms with Crippen molar-refractivity contribution in [2.24, 2.45) is 0 Å². The molecule has 1 saturated heterocycles. The molecule has 0 aliphatic carbocycles. The van der Waals surface area contributed by atoms with Crippen LogP contribution in [0.3, 0.4) is 0 Å². The topological polar surface area (TPSA) is 59.4 Å². The van der Waals surface area contributed by atoms with Crippen LogP contribution in [0.15, 0.2) is 66.7 Å². The maximum absolute atomic E-state index is 12.7. The van der Waals surface area contributed by atoms with E-state index in [-0.39, 0.29) is 11.9 Å². The molecule has 5 nitrogen and oxygen atoms in total. The van der Waals surface area contributed by atoms with Gasteiger partial charge in [-0.25, -0.2) is 0 Å². The first-order valence-electron chi connectivity index (χ1n) is 10.8. The summed E-state index contributed by atoms with van der Waals surface area (Å²) in [5.41, 5.74) is 3.06. The molecule has 4 rings (SSSR count). The summed E-state index contributed by atoms with van der Waals surface area (Å²) in [6.45, 7) is 7.00. The molecule has 0 radical (unpaired) electrons. The highest BCUT2D eigenvalue weighted by Crippen LogP contribution is 2.24. The number of fused-ring (bicyclic) bond motifs is 1. The Morgan fingerprint density at radius 1 is 0.968 bits per heavy atom. The van der Waals surface area contributed by atoms with Gasteiger partial charge in [-0.2, -0.15) is 5.26 Å². The average Bonchev–Trinajstić information content (AvgIpc) is 2.80. The van der Waals surface area contributed by atoms with Gasteiger partial charge < -0.3 is 5.32 Å². The second-order valence-corrected chi connectivity index (χ2v) is 8.22. The molecule has 3 aromatic carbocycles. The summed E-state index contributed by atoms with van der Waals surface area (Å²) >= 11 is 0. The molecule has 0 bridgehead atoms. The quantitative estimate of drug-likeness (QED) is 0.671. The highest BCUT2D eigenvalue weighted by molar-refractivity contribution is 5.87. The predicted molar refractivity (Wildman–Crippen MR) is 123 cm³/mol. The van der Waals surface area contributed by atoms with Gasteiger partial charge in [-0.05, 0) is 41.0 Å². The molecule has 1 fully saturated rings. The molecule has 1 aliphatic heterocycles. The summed E-state index contributed by atoms with van der Waals surface area (Å²) in [5, 5.41) is 14.5. The Hall–Kier alpha value is -3.20. The maximum atomic E-state index is 12.7. The molecule has 1 N–H and O–H groups in total. The van der Waals surface area contributed by atoms with Gasteiger partial charge in [0.05, 0.1) is 24.2 Å². The predicted octanol–water partition coefficient (Wildman–Crippen LogP) is 3.71. The lowest BCUT2D eigenvalue weighted by molar-refractivity contribution is -0.123. The van der Waals surface area contributed by atoms with Crippen molar-refractivity contribution in [3.05, 3.63) is 83.4 Å². The van der Waals surface area contributed by atoms with Crippen LogP contribution in [-0.4, -0.2) is 48.4 Å². The zero-order valence-corrected chi connectivity index (χ0v) is 17.9. The number of piperazine rings is 1. The van der Waals surface area contributed by atoms with E-state index in [0.29, 0.717) is 12.1 Å². The summed E-state index contributed by atoms with van der Waals surface area (Å²) in [6, 6.07) is 24.4. The first-order valence-corrected chi connectivity index (χ1v) is 10.8. The Morgan fingerprint density at radius 2 is 1.65 bits per heavy atom. The third kappa shape index (κ3) is 5.29. The molecule has 0 unspecified atom stereocenters. The highest BCUT2D eigenvalue weighted by Gasteiger charge is 2.20. The Morgan fingerprint density at radius 3 is 2.39 bits per heavy atom. The molecule has 158 valence electrons. The van der Waals surface area contributed by atoms with E-state index in [0.717, 1.165) is 38.3 Å². The van der Waals surface area contributed by atoms with Crippen LogP contribution in [0.25, 0.3) is 10.8 Å². The van der Waals surface area contributed by atoms with Gasteiger partial charge in [0.25, 0.3) is 0 Å². The van der Waals surface area contributed by atoms with Gasteiger partial charge in [-0.3, -0.25) is 14.6 Å². The minimum Gasteiger partial charge on any atom is -0.348 e. The molecular weight excluding hydrogens is 384 g/mol. The largest absolute Gasteiger partial charge is 0.348 e. The van der Waals surface area contributed by atoms with Gasteiger partial charge in [0.1, 0.15) is 0 Å². The molecule has 1 amide bonds. The Balaban J connectivity index is 1.26. The van der Waals surface area contributed by atoms with Crippen LogP contribution in [-0.2, 0) is 11.3 Å². The maximum Gasteiger partial charge on any atom is 0.234 e. The van der Waals surface area contributed by atoms with E-state index in [4.69, 9.17) is 5.26 Å². The van der Waals surface area contributed by atoms with Gasteiger partial charge in [0.2, 0.25) is 5.91 Å². The van der Waals surface area contributed by atoms with Crippen molar-refractivity contribution in [2.75, 3.05) is 32.7 Å². The molecule has 5 heteroatoms. The molecule has 0 saturated carbocycles. The first kappa shape index (κ1) is 21.0. The number of carbonyl (C=O) groups is 1. The number of nitrogens with one attached hydrogen (secondary N) is 1. The standard InChI is InChI=1S/C26H28N4O/c1-20(24-8-4-6-23-5-2-3-7-25(23)24)28-26(31)19-30-15-13-29(14-16-30)18-22-11-9-21(17-27)10-12-22/h2-12,20H,13-16,18-19H2,1H3,(H,28,31)/t20-/m1/s1. The molecular formula is C26H28N4O. The number of nitrogens with zero attached hydrogens (tertiary/aromatic N) is 3. The van der Waals surface area contributed by atoms with E-state index in [1.165, 1.54) is 16.3 Å². The summed E-state index contributed by atoms with van der Waals surface area (Å²) in [4.78, 5) is 17.3. The van der Waals surface area contributed by atoms with Crippen LogP contribution in [0.5, 0.6) is 0 Å². The normalized spacial score (nSPS) is 16.0. The number of rotatable bonds is 6. The molecule has 0 spiro atoms. The van der Waals surface area contributed by atoms with Crippen molar-refractivity contribution in [1.29, 1.82) is 5.26 Å². The van der Waals surface area contributed by atoms with Crippen LogP contribution < -0.4 is 5.32 Å². The Labute approximate surface area is 183 Å². The van der Waals surface area contributed by atoms with E-state index < -0.39 is 0 Å². The molecule has 3 aromatic rings. The van der Waals surface area contributed by atoms with Crippen molar-refractivity contribution in [1.82, 2.24) is 15.1 Å². The van der Waals surface area contributed by atoms with Gasteiger partial charge in [0.15, 0.2) is 0 Å². The molecule has 31 heavy (non-hydrogen) atoms. The second kappa shape index (κ2) is 9.74. The molecule has 0 aromatic heterocycles. The number of nitriles is 1. The smallest absolute Gasteiger partial charge is 0.234 e. The van der Waals surface area contributed by atoms with Gasteiger partial charge in [0, 0.05) is 32.7 Å². The third-order valence-electron chi connectivity index (χ3n) is 5.99. The van der Waals surface area contributed by atoms with E-state index >= 15 is 0 Å². The third-order valence-corrected chi connectivity index (χ3v) is 5.99. The van der Waals surface area contributed by atoms with E-state index in [1.54, 1.807) is 0 Å². The fourth-order valence-electron chi connectivity index (χ4n) is 4.24. The first-order chi connectivity index (χ1) is 15.1. The number of carbonyl (C=O) groups excluding carboxylic acids is 1. The summed E-state index contributed by atoms with van der Waals surface area (Å²) in [7, 11) is 0. The lowest BCUT2D eigenvalue weighted by Gasteiger charge is -2.34. The van der Waals surface area contributed by atoms with Crippen LogP contribution in [0, 0.1) is 11.3 Å². The SMILES string of the molecule is C[C@@H](NC(=O)CN1CCN(Cc2ccc(C#N)cc2)CC1)c1cccc2ccccc12. The van der Waals surface area contributed by atoms with Crippen molar-refractivity contribution >= 4 is 16.7 Å². The minimum atomic E-state index is -0.0312. The van der Waals surface area contributed by atoms with Crippen LogP contribution in [0.2, 0.25) is 0 Å². The molecule has 1 heterocycles. The number of hydrogen-bond acceptors (Lipinski definition) is 4. The van der Waals surface area contributed by atoms with E-state index in [2.05, 4.69) is 52.4 Å². The number of hydrogen-bond donors (Lipinski definition) is 1. The highest BCUT2D eigenvalue weighted by atomic mass is 16.2. The van der Waals surface area contributed by atoms with Gasteiger partial charge in [-0.1, -0.05) is 54.6 Å².